The number of benzene rings is 1. The van der Waals surface area contributed by atoms with E-state index in [1.807, 2.05) is 12.1 Å². The van der Waals surface area contributed by atoms with Crippen LogP contribution in [-0.2, 0) is 4.79 Å². The molecule has 112 valence electrons. The van der Waals surface area contributed by atoms with Crippen molar-refractivity contribution < 1.29 is 14.1 Å². The number of ether oxygens (including phenoxy) is 1. The van der Waals surface area contributed by atoms with Gasteiger partial charge in [0, 0.05) is 12.1 Å². The standard InChI is InChI=1S/C14H13N5O3/c1-10-5-13(18-22-10)17-14(20)7-21-12-4-2-3-11(6-12)19-9-15-8-16-19/h2-6,8-9H,7H2,1H3,(H,17,18,20). The van der Waals surface area contributed by atoms with Crippen LogP contribution in [0.3, 0.4) is 0 Å². The zero-order valence-electron chi connectivity index (χ0n) is 11.8. The summed E-state index contributed by atoms with van der Waals surface area (Å²) in [4.78, 5) is 15.6. The third-order valence-corrected chi connectivity index (χ3v) is 2.77. The molecule has 0 fully saturated rings. The van der Waals surface area contributed by atoms with Crippen LogP contribution in [-0.4, -0.2) is 32.4 Å². The van der Waals surface area contributed by atoms with Crippen LogP contribution in [0.4, 0.5) is 5.82 Å². The van der Waals surface area contributed by atoms with E-state index in [4.69, 9.17) is 9.26 Å². The van der Waals surface area contributed by atoms with E-state index >= 15 is 0 Å². The lowest BCUT2D eigenvalue weighted by atomic mass is 10.3. The molecule has 0 unspecified atom stereocenters. The number of nitrogens with zero attached hydrogens (tertiary/aromatic N) is 4. The zero-order chi connectivity index (χ0) is 15.4. The Bertz CT molecular complexity index is 766. The second-order valence-electron chi connectivity index (χ2n) is 4.50. The number of aromatic nitrogens is 4. The van der Waals surface area contributed by atoms with Crippen molar-refractivity contribution in [3.05, 3.63) is 48.7 Å². The molecular weight excluding hydrogens is 286 g/mol. The van der Waals surface area contributed by atoms with Crippen molar-refractivity contribution in [1.29, 1.82) is 0 Å². The fraction of sp³-hybridized carbons (Fsp3) is 0.143. The fourth-order valence-electron chi connectivity index (χ4n) is 1.81. The van der Waals surface area contributed by atoms with Crippen molar-refractivity contribution in [1.82, 2.24) is 19.9 Å². The smallest absolute Gasteiger partial charge is 0.263 e. The molecule has 0 spiro atoms. The first-order valence-electron chi connectivity index (χ1n) is 6.52. The second kappa shape index (κ2) is 6.08. The minimum Gasteiger partial charge on any atom is -0.484 e. The topological polar surface area (TPSA) is 95.1 Å². The van der Waals surface area contributed by atoms with Gasteiger partial charge in [-0.1, -0.05) is 11.2 Å². The molecule has 2 aromatic heterocycles. The first-order chi connectivity index (χ1) is 10.7. The minimum atomic E-state index is -0.320. The quantitative estimate of drug-likeness (QED) is 0.768. The number of aryl methyl sites for hydroxylation is 1. The largest absolute Gasteiger partial charge is 0.484 e. The predicted octanol–water partition coefficient (Wildman–Crippen LogP) is 1.58. The summed E-state index contributed by atoms with van der Waals surface area (Å²) in [6.07, 6.45) is 3.03. The van der Waals surface area contributed by atoms with Gasteiger partial charge in [0.2, 0.25) is 0 Å². The number of carbonyl (C=O) groups is 1. The normalized spacial score (nSPS) is 10.4. The average molecular weight is 299 g/mol. The second-order valence-corrected chi connectivity index (χ2v) is 4.50. The summed E-state index contributed by atoms with van der Waals surface area (Å²) < 4.78 is 11.9. The summed E-state index contributed by atoms with van der Waals surface area (Å²) in [7, 11) is 0. The summed E-state index contributed by atoms with van der Waals surface area (Å²) in [6.45, 7) is 1.61. The lowest BCUT2D eigenvalue weighted by Crippen LogP contribution is -2.20. The lowest BCUT2D eigenvalue weighted by molar-refractivity contribution is -0.118. The van der Waals surface area contributed by atoms with Gasteiger partial charge in [0.25, 0.3) is 5.91 Å². The molecule has 1 aromatic carbocycles. The van der Waals surface area contributed by atoms with Crippen LogP contribution in [0.1, 0.15) is 5.76 Å². The monoisotopic (exact) mass is 299 g/mol. The van der Waals surface area contributed by atoms with Crippen molar-refractivity contribution in [2.45, 2.75) is 6.92 Å². The highest BCUT2D eigenvalue weighted by atomic mass is 16.5. The van der Waals surface area contributed by atoms with Gasteiger partial charge in [0.05, 0.1) is 5.69 Å². The van der Waals surface area contributed by atoms with Gasteiger partial charge in [-0.2, -0.15) is 5.10 Å². The Labute approximate surface area is 125 Å². The van der Waals surface area contributed by atoms with E-state index in [1.165, 1.54) is 6.33 Å². The number of anilines is 1. The highest BCUT2D eigenvalue weighted by Gasteiger charge is 2.07. The molecule has 3 aromatic rings. The molecule has 2 heterocycles. The molecule has 0 saturated carbocycles. The van der Waals surface area contributed by atoms with Crippen molar-refractivity contribution in [2.24, 2.45) is 0 Å². The van der Waals surface area contributed by atoms with Crippen LogP contribution < -0.4 is 10.1 Å². The molecule has 22 heavy (non-hydrogen) atoms. The number of hydrogen-bond acceptors (Lipinski definition) is 6. The lowest BCUT2D eigenvalue weighted by Gasteiger charge is -2.07. The Hall–Kier alpha value is -3.16. The van der Waals surface area contributed by atoms with Gasteiger partial charge in [-0.15, -0.1) is 0 Å². The van der Waals surface area contributed by atoms with Crippen molar-refractivity contribution in [3.63, 3.8) is 0 Å². The van der Waals surface area contributed by atoms with Crippen LogP contribution >= 0.6 is 0 Å². The summed E-state index contributed by atoms with van der Waals surface area (Å²) in [5.41, 5.74) is 0.794. The molecule has 8 nitrogen and oxygen atoms in total. The molecule has 1 N–H and O–H groups in total. The third-order valence-electron chi connectivity index (χ3n) is 2.77. The third kappa shape index (κ3) is 3.29. The molecular formula is C14H13N5O3. The van der Waals surface area contributed by atoms with E-state index in [0.717, 1.165) is 5.69 Å². The van der Waals surface area contributed by atoms with Crippen molar-refractivity contribution in [3.8, 4) is 11.4 Å². The maximum absolute atomic E-state index is 11.8. The van der Waals surface area contributed by atoms with Gasteiger partial charge in [-0.25, -0.2) is 9.67 Å². The maximum atomic E-state index is 11.8. The Morgan fingerprint density at radius 3 is 3.05 bits per heavy atom. The predicted molar refractivity (Wildman–Crippen MR) is 76.7 cm³/mol. The summed E-state index contributed by atoms with van der Waals surface area (Å²) >= 11 is 0. The maximum Gasteiger partial charge on any atom is 0.263 e. The van der Waals surface area contributed by atoms with E-state index in [9.17, 15) is 4.79 Å². The SMILES string of the molecule is Cc1cc(NC(=O)COc2cccc(-n3cncn3)c2)no1. The van der Waals surface area contributed by atoms with E-state index in [1.54, 1.807) is 36.1 Å². The number of amides is 1. The molecule has 3 rings (SSSR count). The van der Waals surface area contributed by atoms with Gasteiger partial charge >= 0.3 is 0 Å². The van der Waals surface area contributed by atoms with Crippen LogP contribution in [0.25, 0.3) is 5.69 Å². The van der Waals surface area contributed by atoms with Gasteiger partial charge in [0.15, 0.2) is 12.4 Å². The van der Waals surface area contributed by atoms with E-state index < -0.39 is 0 Å². The minimum absolute atomic E-state index is 0.132. The first-order valence-corrected chi connectivity index (χ1v) is 6.52. The average Bonchev–Trinajstić information content (AvgIpc) is 3.17. The molecule has 0 radical (unpaired) electrons. The molecule has 1 amide bonds. The molecule has 0 aliphatic rings. The van der Waals surface area contributed by atoms with Crippen LogP contribution in [0.5, 0.6) is 5.75 Å². The van der Waals surface area contributed by atoms with E-state index in [-0.39, 0.29) is 12.5 Å². The van der Waals surface area contributed by atoms with Crippen LogP contribution in [0, 0.1) is 6.92 Å². The Morgan fingerprint density at radius 2 is 2.32 bits per heavy atom. The number of carbonyl (C=O) groups excluding carboxylic acids is 1. The highest BCUT2D eigenvalue weighted by molar-refractivity contribution is 5.90. The van der Waals surface area contributed by atoms with Gasteiger partial charge in [-0.05, 0) is 19.1 Å². The molecule has 0 aliphatic carbocycles. The van der Waals surface area contributed by atoms with Crippen LogP contribution in [0.2, 0.25) is 0 Å². The molecule has 8 heteroatoms. The Morgan fingerprint density at radius 1 is 1.41 bits per heavy atom. The Balaban J connectivity index is 1.59. The van der Waals surface area contributed by atoms with E-state index in [0.29, 0.717) is 17.3 Å². The van der Waals surface area contributed by atoms with Gasteiger partial charge < -0.3 is 14.6 Å². The van der Waals surface area contributed by atoms with Crippen molar-refractivity contribution >= 4 is 11.7 Å². The van der Waals surface area contributed by atoms with Crippen molar-refractivity contribution in [2.75, 3.05) is 11.9 Å². The fourth-order valence-corrected chi connectivity index (χ4v) is 1.81. The summed E-state index contributed by atoms with van der Waals surface area (Å²) in [5.74, 6) is 1.22. The number of rotatable bonds is 5. The molecule has 0 saturated heterocycles. The highest BCUT2D eigenvalue weighted by Crippen LogP contribution is 2.16. The molecule has 0 aliphatic heterocycles. The van der Waals surface area contributed by atoms with Gasteiger partial charge in [-0.3, -0.25) is 4.79 Å². The Kier molecular flexibility index (Phi) is 3.82. The number of nitrogens with one attached hydrogen (secondary N) is 1. The zero-order valence-corrected chi connectivity index (χ0v) is 11.8. The van der Waals surface area contributed by atoms with E-state index in [2.05, 4.69) is 20.6 Å². The van der Waals surface area contributed by atoms with Gasteiger partial charge in [0.1, 0.15) is 24.2 Å². The molecule has 0 atom stereocenters. The number of hydrogen-bond donors (Lipinski definition) is 1. The van der Waals surface area contributed by atoms with Crippen LogP contribution in [0.15, 0.2) is 47.5 Å². The summed E-state index contributed by atoms with van der Waals surface area (Å²) in [6, 6.07) is 8.82. The first kappa shape index (κ1) is 13.8. The molecule has 0 bridgehead atoms. The summed E-state index contributed by atoms with van der Waals surface area (Å²) in [5, 5.41) is 10.3.